The first kappa shape index (κ1) is 11.6. The molecule has 0 aromatic heterocycles. The van der Waals surface area contributed by atoms with E-state index in [0.717, 1.165) is 25.7 Å². The Labute approximate surface area is 81.6 Å². The molecular formula is C10H15F3O. The number of halogens is 3. The number of allylic oxidation sites excluding steroid dienone is 1. The molecule has 0 aromatic carbocycles. The van der Waals surface area contributed by atoms with Crippen molar-refractivity contribution in [1.82, 2.24) is 0 Å². The van der Waals surface area contributed by atoms with E-state index >= 15 is 0 Å². The molecule has 0 fully saturated rings. The highest BCUT2D eigenvalue weighted by Crippen LogP contribution is 2.29. The Hall–Kier alpha value is -0.510. The molecule has 1 atom stereocenters. The third kappa shape index (κ3) is 3.33. The Morgan fingerprint density at radius 3 is 2.43 bits per heavy atom. The van der Waals surface area contributed by atoms with Crippen molar-refractivity contribution in [2.75, 3.05) is 0 Å². The van der Waals surface area contributed by atoms with E-state index < -0.39 is 12.3 Å². The van der Waals surface area contributed by atoms with Crippen molar-refractivity contribution >= 4 is 0 Å². The molecule has 1 nitrogen and oxygen atoms in total. The Morgan fingerprint density at radius 1 is 1.14 bits per heavy atom. The van der Waals surface area contributed by atoms with E-state index in [1.807, 2.05) is 0 Å². The van der Waals surface area contributed by atoms with Crippen LogP contribution in [0.25, 0.3) is 0 Å². The number of aliphatic hydroxyl groups is 1. The second kappa shape index (κ2) is 4.82. The molecule has 4 heteroatoms. The van der Waals surface area contributed by atoms with Crippen molar-refractivity contribution in [3.8, 4) is 0 Å². The summed E-state index contributed by atoms with van der Waals surface area (Å²) in [4.78, 5) is 0. The van der Waals surface area contributed by atoms with Gasteiger partial charge in [0.1, 0.15) is 0 Å². The summed E-state index contributed by atoms with van der Waals surface area (Å²) in [5.41, 5.74) is 0.150. The molecular weight excluding hydrogens is 193 g/mol. The minimum absolute atomic E-state index is 0.150. The van der Waals surface area contributed by atoms with Crippen LogP contribution in [-0.2, 0) is 0 Å². The van der Waals surface area contributed by atoms with E-state index in [9.17, 15) is 13.2 Å². The molecule has 0 aromatic rings. The quantitative estimate of drug-likeness (QED) is 0.656. The van der Waals surface area contributed by atoms with Gasteiger partial charge in [0.25, 0.3) is 0 Å². The molecule has 1 aliphatic carbocycles. The highest BCUT2D eigenvalue weighted by molar-refractivity contribution is 5.11. The second-order valence-electron chi connectivity index (χ2n) is 3.68. The van der Waals surface area contributed by atoms with Gasteiger partial charge >= 0.3 is 6.18 Å². The smallest absolute Gasteiger partial charge is 0.379 e. The Kier molecular flexibility index (Phi) is 3.98. The fourth-order valence-corrected chi connectivity index (χ4v) is 1.68. The van der Waals surface area contributed by atoms with Gasteiger partial charge in [-0.15, -0.1) is 0 Å². The molecule has 1 aliphatic rings. The summed E-state index contributed by atoms with van der Waals surface area (Å²) in [6.45, 7) is 0. The van der Waals surface area contributed by atoms with Crippen molar-refractivity contribution in [2.24, 2.45) is 0 Å². The van der Waals surface area contributed by atoms with Crippen LogP contribution in [-0.4, -0.2) is 17.4 Å². The molecule has 0 bridgehead atoms. The lowest BCUT2D eigenvalue weighted by atomic mass is 9.96. The van der Waals surface area contributed by atoms with Crippen LogP contribution in [0, 0.1) is 0 Å². The molecule has 1 N–H and O–H groups in total. The lowest BCUT2D eigenvalue weighted by molar-refractivity contribution is -0.192. The molecule has 0 aliphatic heterocycles. The van der Waals surface area contributed by atoms with Crippen molar-refractivity contribution in [1.29, 1.82) is 0 Å². The van der Waals surface area contributed by atoms with Gasteiger partial charge in [-0.25, -0.2) is 0 Å². The molecule has 0 amide bonds. The first-order valence-electron chi connectivity index (χ1n) is 4.95. The predicted molar refractivity (Wildman–Crippen MR) is 47.8 cm³/mol. The minimum atomic E-state index is -4.51. The molecule has 0 spiro atoms. The monoisotopic (exact) mass is 208 g/mol. The average molecular weight is 208 g/mol. The molecule has 1 unspecified atom stereocenters. The number of aliphatic hydroxyl groups excluding tert-OH is 1. The van der Waals surface area contributed by atoms with Gasteiger partial charge in [-0.3, -0.25) is 0 Å². The van der Waals surface area contributed by atoms with Gasteiger partial charge in [-0.05, 0) is 31.3 Å². The van der Waals surface area contributed by atoms with Crippen molar-refractivity contribution < 1.29 is 18.3 Å². The zero-order valence-electron chi connectivity index (χ0n) is 7.98. The molecule has 82 valence electrons. The molecule has 14 heavy (non-hydrogen) atoms. The maximum atomic E-state index is 12.2. The van der Waals surface area contributed by atoms with E-state index in [4.69, 9.17) is 5.11 Å². The number of hydrogen-bond acceptors (Lipinski definition) is 1. The van der Waals surface area contributed by atoms with Gasteiger partial charge in [0.15, 0.2) is 6.10 Å². The minimum Gasteiger partial charge on any atom is -0.379 e. The Bertz CT molecular complexity index is 208. The van der Waals surface area contributed by atoms with E-state index in [1.165, 1.54) is 0 Å². The number of alkyl halides is 3. The lowest BCUT2D eigenvalue weighted by Gasteiger charge is -2.19. The van der Waals surface area contributed by atoms with Gasteiger partial charge < -0.3 is 5.11 Å². The van der Waals surface area contributed by atoms with Crippen LogP contribution in [0.1, 0.15) is 38.5 Å². The summed E-state index contributed by atoms with van der Waals surface area (Å²) < 4.78 is 36.5. The second-order valence-corrected chi connectivity index (χ2v) is 3.68. The Morgan fingerprint density at radius 2 is 1.79 bits per heavy atom. The summed E-state index contributed by atoms with van der Waals surface area (Å²) in [6.07, 6.45) is -0.465. The van der Waals surface area contributed by atoms with E-state index in [0.29, 0.717) is 12.8 Å². The van der Waals surface area contributed by atoms with E-state index in [1.54, 1.807) is 6.08 Å². The zero-order valence-corrected chi connectivity index (χ0v) is 7.98. The lowest BCUT2D eigenvalue weighted by Crippen LogP contribution is -2.30. The van der Waals surface area contributed by atoms with Gasteiger partial charge in [0.2, 0.25) is 0 Å². The normalized spacial score (nSPS) is 25.9. The average Bonchev–Trinajstić information content (AvgIpc) is 2.00. The third-order valence-electron chi connectivity index (χ3n) is 2.49. The van der Waals surface area contributed by atoms with E-state index in [2.05, 4.69) is 0 Å². The van der Waals surface area contributed by atoms with E-state index in [-0.39, 0.29) is 5.57 Å². The predicted octanol–water partition coefficient (Wildman–Crippen LogP) is 3.19. The number of hydrogen-bond donors (Lipinski definition) is 1. The van der Waals surface area contributed by atoms with Gasteiger partial charge in [0, 0.05) is 0 Å². The SMILES string of the molecule is OC(/C1=C/CCCCCC1)C(F)(F)F. The maximum absolute atomic E-state index is 12.2. The summed E-state index contributed by atoms with van der Waals surface area (Å²) in [5, 5.41) is 9.03. The molecule has 0 saturated carbocycles. The standard InChI is InChI=1S/C10H15F3O/c11-10(12,13)9(14)8-6-4-2-1-3-5-7-8/h6,9,14H,1-5,7H2/b8-6+. The zero-order chi connectivity index (χ0) is 10.6. The topological polar surface area (TPSA) is 20.2 Å². The van der Waals surface area contributed by atoms with Crippen LogP contribution in [0.15, 0.2) is 11.6 Å². The van der Waals surface area contributed by atoms with Crippen LogP contribution in [0.2, 0.25) is 0 Å². The first-order chi connectivity index (χ1) is 6.52. The van der Waals surface area contributed by atoms with Crippen molar-refractivity contribution in [2.45, 2.75) is 50.8 Å². The molecule has 0 radical (unpaired) electrons. The van der Waals surface area contributed by atoms with Gasteiger partial charge in [0.05, 0.1) is 0 Å². The molecule has 1 rings (SSSR count). The van der Waals surface area contributed by atoms with Crippen LogP contribution < -0.4 is 0 Å². The van der Waals surface area contributed by atoms with Gasteiger partial charge in [-0.1, -0.05) is 18.9 Å². The van der Waals surface area contributed by atoms with Gasteiger partial charge in [-0.2, -0.15) is 13.2 Å². The summed E-state index contributed by atoms with van der Waals surface area (Å²) >= 11 is 0. The Balaban J connectivity index is 2.63. The third-order valence-corrected chi connectivity index (χ3v) is 2.49. The highest BCUT2D eigenvalue weighted by atomic mass is 19.4. The van der Waals surface area contributed by atoms with Crippen molar-refractivity contribution in [3.05, 3.63) is 11.6 Å². The maximum Gasteiger partial charge on any atom is 0.418 e. The van der Waals surface area contributed by atoms with Crippen LogP contribution in [0.3, 0.4) is 0 Å². The highest BCUT2D eigenvalue weighted by Gasteiger charge is 2.40. The van der Waals surface area contributed by atoms with Crippen molar-refractivity contribution in [3.63, 3.8) is 0 Å². The van der Waals surface area contributed by atoms with Crippen LogP contribution >= 0.6 is 0 Å². The fraction of sp³-hybridized carbons (Fsp3) is 0.800. The molecule has 0 saturated heterocycles. The fourth-order valence-electron chi connectivity index (χ4n) is 1.68. The number of rotatable bonds is 1. The summed E-state index contributed by atoms with van der Waals surface area (Å²) in [7, 11) is 0. The van der Waals surface area contributed by atoms with Crippen LogP contribution in [0.5, 0.6) is 0 Å². The largest absolute Gasteiger partial charge is 0.418 e. The molecule has 0 heterocycles. The summed E-state index contributed by atoms with van der Waals surface area (Å²) in [6, 6.07) is 0. The first-order valence-corrected chi connectivity index (χ1v) is 4.95. The van der Waals surface area contributed by atoms with Crippen LogP contribution in [0.4, 0.5) is 13.2 Å². The summed E-state index contributed by atoms with van der Waals surface area (Å²) in [5.74, 6) is 0.